The highest BCUT2D eigenvalue weighted by Crippen LogP contribution is 2.36. The molecule has 2 heterocycles. The largest absolute Gasteiger partial charge is 0.496 e. The molecule has 22 heavy (non-hydrogen) atoms. The molecule has 110 valence electrons. The SMILES string of the molecule is COc1ccccc1C1CC(=O)c2cn3nccc3nc2C1. The molecule has 0 radical (unpaired) electrons. The summed E-state index contributed by atoms with van der Waals surface area (Å²) in [6, 6.07) is 9.72. The zero-order valence-electron chi connectivity index (χ0n) is 12.2. The Kier molecular flexibility index (Phi) is 2.92. The third kappa shape index (κ3) is 1.97. The molecule has 0 bridgehead atoms. The van der Waals surface area contributed by atoms with Gasteiger partial charge in [0.2, 0.25) is 0 Å². The summed E-state index contributed by atoms with van der Waals surface area (Å²) in [4.78, 5) is 17.1. The molecule has 0 fully saturated rings. The Balaban J connectivity index is 1.79. The number of nitrogens with zero attached hydrogens (tertiary/aromatic N) is 3. The van der Waals surface area contributed by atoms with Crippen molar-refractivity contribution in [2.24, 2.45) is 0 Å². The van der Waals surface area contributed by atoms with Gasteiger partial charge in [-0.3, -0.25) is 4.79 Å². The second-order valence-electron chi connectivity index (χ2n) is 5.51. The molecule has 0 amide bonds. The molecule has 5 nitrogen and oxygen atoms in total. The van der Waals surface area contributed by atoms with Gasteiger partial charge in [-0.05, 0) is 18.1 Å². The minimum atomic E-state index is 0.106. The zero-order chi connectivity index (χ0) is 15.1. The van der Waals surface area contributed by atoms with Crippen molar-refractivity contribution in [3.63, 3.8) is 0 Å². The van der Waals surface area contributed by atoms with Gasteiger partial charge in [0.05, 0.1) is 24.6 Å². The molecule has 0 aliphatic heterocycles. The second-order valence-corrected chi connectivity index (χ2v) is 5.51. The second kappa shape index (κ2) is 4.94. The van der Waals surface area contributed by atoms with Crippen LogP contribution >= 0.6 is 0 Å². The van der Waals surface area contributed by atoms with Crippen molar-refractivity contribution in [2.45, 2.75) is 18.8 Å². The van der Waals surface area contributed by atoms with Crippen LogP contribution in [0, 0.1) is 0 Å². The number of hydrogen-bond donors (Lipinski definition) is 0. The summed E-state index contributed by atoms with van der Waals surface area (Å²) in [7, 11) is 1.66. The maximum absolute atomic E-state index is 12.5. The van der Waals surface area contributed by atoms with E-state index in [1.807, 2.05) is 30.3 Å². The van der Waals surface area contributed by atoms with Crippen LogP contribution in [-0.4, -0.2) is 27.5 Å². The van der Waals surface area contributed by atoms with E-state index in [-0.39, 0.29) is 11.7 Å². The summed E-state index contributed by atoms with van der Waals surface area (Å²) in [5, 5.41) is 4.15. The van der Waals surface area contributed by atoms with E-state index >= 15 is 0 Å². The quantitative estimate of drug-likeness (QED) is 0.729. The molecule has 1 aliphatic carbocycles. The van der Waals surface area contributed by atoms with E-state index in [1.165, 1.54) is 0 Å². The predicted octanol–water partition coefficient (Wildman–Crippen LogP) is 2.65. The van der Waals surface area contributed by atoms with Crippen molar-refractivity contribution in [1.29, 1.82) is 0 Å². The van der Waals surface area contributed by atoms with Gasteiger partial charge in [-0.25, -0.2) is 9.50 Å². The smallest absolute Gasteiger partial charge is 0.166 e. The Morgan fingerprint density at radius 3 is 2.95 bits per heavy atom. The number of ether oxygens (including phenoxy) is 1. The van der Waals surface area contributed by atoms with Gasteiger partial charge >= 0.3 is 0 Å². The average Bonchev–Trinajstić information content (AvgIpc) is 3.00. The predicted molar refractivity (Wildman–Crippen MR) is 81.4 cm³/mol. The third-order valence-electron chi connectivity index (χ3n) is 4.21. The number of hydrogen-bond acceptors (Lipinski definition) is 4. The maximum atomic E-state index is 12.5. The van der Waals surface area contributed by atoms with Crippen LogP contribution in [0.15, 0.2) is 42.7 Å². The molecule has 0 spiro atoms. The number of para-hydroxylation sites is 1. The lowest BCUT2D eigenvalue weighted by molar-refractivity contribution is 0.0962. The van der Waals surface area contributed by atoms with Gasteiger partial charge in [0, 0.05) is 24.6 Å². The van der Waals surface area contributed by atoms with Crippen LogP contribution in [0.1, 0.15) is 34.0 Å². The number of methoxy groups -OCH3 is 1. The highest BCUT2D eigenvalue weighted by atomic mass is 16.5. The average molecular weight is 293 g/mol. The standard InChI is InChI=1S/C17H15N3O2/c1-22-16-5-3-2-4-12(16)11-8-14-13(15(21)9-11)10-20-17(19-14)6-7-18-20/h2-7,10-11H,8-9H2,1H3. The number of rotatable bonds is 2. The molecule has 0 saturated carbocycles. The Labute approximate surface area is 127 Å². The first kappa shape index (κ1) is 13.0. The number of ketones is 1. The fourth-order valence-electron chi connectivity index (χ4n) is 3.14. The first-order valence-corrected chi connectivity index (χ1v) is 7.25. The Hall–Kier alpha value is -2.69. The van der Waals surface area contributed by atoms with Crippen LogP contribution in [0.4, 0.5) is 0 Å². The van der Waals surface area contributed by atoms with Gasteiger partial charge in [-0.1, -0.05) is 18.2 Å². The first-order chi connectivity index (χ1) is 10.8. The highest BCUT2D eigenvalue weighted by Gasteiger charge is 2.29. The molecular weight excluding hydrogens is 278 g/mol. The summed E-state index contributed by atoms with van der Waals surface area (Å²) < 4.78 is 7.09. The summed E-state index contributed by atoms with van der Waals surface area (Å²) in [5.74, 6) is 1.05. The van der Waals surface area contributed by atoms with Gasteiger partial charge in [-0.2, -0.15) is 5.10 Å². The highest BCUT2D eigenvalue weighted by molar-refractivity contribution is 5.98. The van der Waals surface area contributed by atoms with Crippen LogP contribution in [0.2, 0.25) is 0 Å². The molecule has 0 saturated heterocycles. The molecule has 4 rings (SSSR count). The van der Waals surface area contributed by atoms with Crippen molar-refractivity contribution in [3.05, 3.63) is 59.5 Å². The molecule has 1 atom stereocenters. The van der Waals surface area contributed by atoms with Crippen molar-refractivity contribution in [1.82, 2.24) is 14.6 Å². The van der Waals surface area contributed by atoms with Crippen molar-refractivity contribution >= 4 is 11.4 Å². The summed E-state index contributed by atoms with van der Waals surface area (Å²) >= 11 is 0. The number of benzene rings is 1. The summed E-state index contributed by atoms with van der Waals surface area (Å²) in [6.07, 6.45) is 4.69. The topological polar surface area (TPSA) is 56.5 Å². The lowest BCUT2D eigenvalue weighted by Crippen LogP contribution is -2.21. The zero-order valence-corrected chi connectivity index (χ0v) is 12.2. The Bertz CT molecular complexity index is 869. The minimum Gasteiger partial charge on any atom is -0.496 e. The fourth-order valence-corrected chi connectivity index (χ4v) is 3.14. The van der Waals surface area contributed by atoms with E-state index in [9.17, 15) is 4.79 Å². The molecule has 1 aliphatic rings. The minimum absolute atomic E-state index is 0.106. The van der Waals surface area contributed by atoms with Crippen LogP contribution in [0.5, 0.6) is 5.75 Å². The molecule has 0 N–H and O–H groups in total. The van der Waals surface area contributed by atoms with E-state index in [2.05, 4.69) is 10.1 Å². The molecular formula is C17H15N3O2. The van der Waals surface area contributed by atoms with Gasteiger partial charge in [-0.15, -0.1) is 0 Å². The number of aromatic nitrogens is 3. The lowest BCUT2D eigenvalue weighted by Gasteiger charge is -2.24. The van der Waals surface area contributed by atoms with Gasteiger partial charge in [0.1, 0.15) is 5.75 Å². The van der Waals surface area contributed by atoms with Crippen molar-refractivity contribution in [3.8, 4) is 5.75 Å². The summed E-state index contributed by atoms with van der Waals surface area (Å²) in [6.45, 7) is 0. The van der Waals surface area contributed by atoms with Crippen LogP contribution in [0.3, 0.4) is 0 Å². The van der Waals surface area contributed by atoms with E-state index in [4.69, 9.17) is 4.74 Å². The summed E-state index contributed by atoms with van der Waals surface area (Å²) in [5.41, 5.74) is 3.37. The monoisotopic (exact) mass is 293 g/mol. The van der Waals surface area contributed by atoms with Crippen molar-refractivity contribution in [2.75, 3.05) is 7.11 Å². The third-order valence-corrected chi connectivity index (χ3v) is 4.21. The van der Waals surface area contributed by atoms with Crippen LogP contribution < -0.4 is 4.74 Å². The van der Waals surface area contributed by atoms with Crippen molar-refractivity contribution < 1.29 is 9.53 Å². The van der Waals surface area contributed by atoms with E-state index < -0.39 is 0 Å². The van der Waals surface area contributed by atoms with Gasteiger partial charge < -0.3 is 4.74 Å². The first-order valence-electron chi connectivity index (χ1n) is 7.25. The lowest BCUT2D eigenvalue weighted by atomic mass is 9.82. The van der Waals surface area contributed by atoms with Crippen LogP contribution in [0.25, 0.3) is 5.65 Å². The van der Waals surface area contributed by atoms with E-state index in [1.54, 1.807) is 24.0 Å². The van der Waals surface area contributed by atoms with E-state index in [0.29, 0.717) is 12.0 Å². The number of carbonyl (C=O) groups is 1. The maximum Gasteiger partial charge on any atom is 0.166 e. The van der Waals surface area contributed by atoms with Crippen LogP contribution in [-0.2, 0) is 6.42 Å². The number of fused-ring (bicyclic) bond motifs is 2. The Morgan fingerprint density at radius 2 is 2.09 bits per heavy atom. The normalized spacial score (nSPS) is 17.5. The molecule has 2 aromatic heterocycles. The Morgan fingerprint density at radius 1 is 1.23 bits per heavy atom. The molecule has 1 aromatic carbocycles. The molecule has 5 heteroatoms. The van der Waals surface area contributed by atoms with Gasteiger partial charge in [0.15, 0.2) is 11.4 Å². The number of Topliss-reactive ketones (excluding diaryl/α,β-unsaturated/α-hetero) is 1. The molecule has 3 aromatic rings. The van der Waals surface area contributed by atoms with E-state index in [0.717, 1.165) is 29.1 Å². The number of carbonyl (C=O) groups excluding carboxylic acids is 1. The van der Waals surface area contributed by atoms with Gasteiger partial charge in [0.25, 0.3) is 0 Å². The molecule has 1 unspecified atom stereocenters. The fraction of sp³-hybridized carbons (Fsp3) is 0.235.